The Morgan fingerprint density at radius 3 is 2.53 bits per heavy atom. The van der Waals surface area contributed by atoms with Crippen molar-refractivity contribution in [1.29, 1.82) is 0 Å². The lowest BCUT2D eigenvalue weighted by Crippen LogP contribution is -2.44. The second-order valence-corrected chi connectivity index (χ2v) is 14.3. The maximum absolute atomic E-state index is 15.5. The number of carbonyl (C=O) groups is 3. The molecule has 12 nitrogen and oxygen atoms in total. The van der Waals surface area contributed by atoms with Crippen LogP contribution in [0.4, 0.5) is 23.2 Å². The van der Waals surface area contributed by atoms with E-state index < -0.39 is 35.4 Å². The molecule has 3 aliphatic rings. The summed E-state index contributed by atoms with van der Waals surface area (Å²) in [6.07, 6.45) is 0.902. The number of alkyl halides is 3. The molecular weight excluding hydrogens is 696 g/mol. The highest BCUT2D eigenvalue weighted by atomic mass is 19.4. The molecule has 5 heterocycles. The van der Waals surface area contributed by atoms with Gasteiger partial charge >= 0.3 is 11.9 Å². The Hall–Kier alpha value is -5.38. The summed E-state index contributed by atoms with van der Waals surface area (Å²) in [5, 5.41) is 10.4. The van der Waals surface area contributed by atoms with E-state index in [1.54, 1.807) is 31.3 Å². The summed E-state index contributed by atoms with van der Waals surface area (Å²) in [7, 11) is 1.60. The van der Waals surface area contributed by atoms with Crippen molar-refractivity contribution in [2.24, 2.45) is 13.0 Å². The van der Waals surface area contributed by atoms with Crippen molar-refractivity contribution in [2.45, 2.75) is 62.7 Å². The van der Waals surface area contributed by atoms with E-state index in [0.717, 1.165) is 68.4 Å². The molecular formula is C37H36F4N8O4. The molecule has 3 fully saturated rings. The molecule has 3 amide bonds. The van der Waals surface area contributed by atoms with Gasteiger partial charge in [-0.3, -0.25) is 33.5 Å². The Morgan fingerprint density at radius 1 is 1.02 bits per heavy atom. The Balaban J connectivity index is 0.878. The number of hydrogen-bond donors (Lipinski definition) is 2. The predicted molar refractivity (Wildman–Crippen MR) is 186 cm³/mol. The normalized spacial score (nSPS) is 21.6. The number of nitrogens with zero attached hydrogens (tertiary/aromatic N) is 6. The number of benzene rings is 2. The van der Waals surface area contributed by atoms with Crippen molar-refractivity contribution < 1.29 is 31.9 Å². The molecule has 1 atom stereocenters. The number of piperidine rings is 2. The van der Waals surface area contributed by atoms with Crippen LogP contribution in [0.25, 0.3) is 21.9 Å². The number of aryl methyl sites for hydroxylation is 1. The number of imide groups is 1. The number of aromatic nitrogens is 5. The van der Waals surface area contributed by atoms with E-state index in [0.29, 0.717) is 28.2 Å². The zero-order valence-corrected chi connectivity index (χ0v) is 28.7. The topological polar surface area (TPSA) is 136 Å². The van der Waals surface area contributed by atoms with Crippen LogP contribution >= 0.6 is 0 Å². The summed E-state index contributed by atoms with van der Waals surface area (Å²) in [6.45, 7) is 2.46. The van der Waals surface area contributed by atoms with Crippen LogP contribution in [0.5, 0.6) is 0 Å². The van der Waals surface area contributed by atoms with Gasteiger partial charge in [-0.15, -0.1) is 0 Å². The van der Waals surface area contributed by atoms with Gasteiger partial charge in [0.15, 0.2) is 0 Å². The fraction of sp³-hybridized carbons (Fsp3) is 0.405. The van der Waals surface area contributed by atoms with Crippen molar-refractivity contribution in [1.82, 2.24) is 34.1 Å². The van der Waals surface area contributed by atoms with Gasteiger partial charge in [-0.1, -0.05) is 6.07 Å². The summed E-state index contributed by atoms with van der Waals surface area (Å²) in [4.78, 5) is 56.2. The maximum Gasteiger partial charge on any atom is 0.433 e. The number of nitrogens with one attached hydrogen (secondary N) is 2. The van der Waals surface area contributed by atoms with E-state index in [2.05, 4.69) is 20.5 Å². The number of amides is 3. The van der Waals surface area contributed by atoms with E-state index in [9.17, 15) is 32.3 Å². The van der Waals surface area contributed by atoms with Crippen LogP contribution in [0.15, 0.2) is 59.5 Å². The molecule has 2 aliphatic heterocycles. The highest BCUT2D eigenvalue weighted by Crippen LogP contribution is 2.41. The van der Waals surface area contributed by atoms with Crippen molar-refractivity contribution in [3.05, 3.63) is 88.0 Å². The van der Waals surface area contributed by atoms with Crippen LogP contribution in [0.3, 0.4) is 0 Å². The van der Waals surface area contributed by atoms with Gasteiger partial charge in [0.2, 0.25) is 11.8 Å². The number of rotatable bonds is 7. The highest BCUT2D eigenvalue weighted by molar-refractivity contribution is 6.04. The van der Waals surface area contributed by atoms with Gasteiger partial charge in [-0.05, 0) is 99.5 Å². The highest BCUT2D eigenvalue weighted by Gasteiger charge is 2.36. The Labute approximate surface area is 299 Å². The molecule has 0 radical (unpaired) electrons. The lowest BCUT2D eigenvalue weighted by Gasteiger charge is -2.41. The van der Waals surface area contributed by atoms with Crippen molar-refractivity contribution in [2.75, 3.05) is 25.0 Å². The average molecular weight is 733 g/mol. The minimum absolute atomic E-state index is 0.0974. The summed E-state index contributed by atoms with van der Waals surface area (Å²) in [5.74, 6) is -1.65. The largest absolute Gasteiger partial charge is 0.433 e. The van der Waals surface area contributed by atoms with E-state index in [-0.39, 0.29) is 42.2 Å². The molecule has 1 aliphatic carbocycles. The number of halogens is 4. The number of likely N-dealkylation sites (tertiary alicyclic amines) is 1. The average Bonchev–Trinajstić information content (AvgIpc) is 3.63. The van der Waals surface area contributed by atoms with E-state index in [4.69, 9.17) is 5.10 Å². The van der Waals surface area contributed by atoms with Crippen molar-refractivity contribution in [3.8, 4) is 0 Å². The SMILES string of the molecule is Cn1c(=O)n(C2CCC(=O)NC2=O)c2ccc(F)c(C3CCN(C[C@H]4C[C@H](n5cc6cc(NC(=O)c7cccc(C(F)(F)F)n7)ccc6n5)C4)CC3)c21. The van der Waals surface area contributed by atoms with Gasteiger partial charge in [0.1, 0.15) is 23.2 Å². The molecule has 5 aromatic rings. The Morgan fingerprint density at radius 2 is 1.79 bits per heavy atom. The maximum atomic E-state index is 15.5. The molecule has 2 saturated heterocycles. The fourth-order valence-corrected chi connectivity index (χ4v) is 8.16. The van der Waals surface area contributed by atoms with Crippen LogP contribution < -0.4 is 16.3 Å². The number of anilines is 1. The van der Waals surface area contributed by atoms with Gasteiger partial charge in [0, 0.05) is 42.8 Å². The summed E-state index contributed by atoms with van der Waals surface area (Å²) < 4.78 is 59.4. The predicted octanol–water partition coefficient (Wildman–Crippen LogP) is 5.30. The molecule has 3 aromatic heterocycles. The molecule has 276 valence electrons. The van der Waals surface area contributed by atoms with Crippen molar-refractivity contribution >= 4 is 45.3 Å². The van der Waals surface area contributed by atoms with Crippen LogP contribution in [-0.2, 0) is 22.8 Å². The molecule has 2 aromatic carbocycles. The molecule has 0 bridgehead atoms. The lowest BCUT2D eigenvalue weighted by molar-refractivity contribution is -0.141. The van der Waals surface area contributed by atoms with Crippen molar-refractivity contribution in [3.63, 3.8) is 0 Å². The second kappa shape index (κ2) is 13.2. The number of hydrogen-bond acceptors (Lipinski definition) is 7. The standard InChI is InChI=1S/C37H36F4N8O4/c1-46-33-28(49(36(46)53)29-9-10-31(50)44-35(29)52)8-6-25(38)32(33)21-11-13-47(14-12-21)18-20-15-24(16-20)48-19-22-17-23(5-7-26(22)45-48)42-34(51)27-3-2-4-30(43-27)37(39,40)41/h2-8,17,19-21,24,29H,9-16,18H2,1H3,(H,42,51)(H,44,50,52)/t20-,24-,29?. The third-order valence-corrected chi connectivity index (χ3v) is 10.9. The summed E-state index contributed by atoms with van der Waals surface area (Å²) in [5.41, 5.74) is 0.751. The Bertz CT molecular complexity index is 2330. The first-order valence-electron chi connectivity index (χ1n) is 17.6. The van der Waals surface area contributed by atoms with Crippen LogP contribution in [0.2, 0.25) is 0 Å². The first-order chi connectivity index (χ1) is 25.3. The van der Waals surface area contributed by atoms with Crippen LogP contribution in [0, 0.1) is 11.7 Å². The summed E-state index contributed by atoms with van der Waals surface area (Å²) >= 11 is 0. The van der Waals surface area contributed by atoms with Gasteiger partial charge in [-0.25, -0.2) is 14.2 Å². The third-order valence-electron chi connectivity index (χ3n) is 10.9. The second-order valence-electron chi connectivity index (χ2n) is 14.3. The lowest BCUT2D eigenvalue weighted by atomic mass is 9.79. The number of imidazole rings is 1. The van der Waals surface area contributed by atoms with Gasteiger partial charge in [-0.2, -0.15) is 18.3 Å². The first kappa shape index (κ1) is 34.7. The quantitative estimate of drug-likeness (QED) is 0.171. The van der Waals surface area contributed by atoms with Crippen LogP contribution in [-0.4, -0.2) is 66.2 Å². The molecule has 8 rings (SSSR count). The zero-order valence-electron chi connectivity index (χ0n) is 28.7. The molecule has 16 heteroatoms. The fourth-order valence-electron chi connectivity index (χ4n) is 8.16. The monoisotopic (exact) mass is 732 g/mol. The first-order valence-corrected chi connectivity index (χ1v) is 17.6. The molecule has 0 spiro atoms. The van der Waals surface area contributed by atoms with Gasteiger partial charge < -0.3 is 10.2 Å². The van der Waals surface area contributed by atoms with Gasteiger partial charge in [0.05, 0.1) is 22.6 Å². The minimum atomic E-state index is -4.65. The summed E-state index contributed by atoms with van der Waals surface area (Å²) in [6, 6.07) is 10.6. The third kappa shape index (κ3) is 6.49. The molecule has 1 unspecified atom stereocenters. The molecule has 1 saturated carbocycles. The zero-order chi connectivity index (χ0) is 37.2. The van der Waals surface area contributed by atoms with E-state index in [1.807, 2.05) is 10.9 Å². The number of fused-ring (bicyclic) bond motifs is 2. The molecule has 53 heavy (non-hydrogen) atoms. The van der Waals surface area contributed by atoms with E-state index >= 15 is 4.39 Å². The number of pyridine rings is 1. The van der Waals surface area contributed by atoms with Crippen LogP contribution in [0.1, 0.15) is 78.3 Å². The smallest absolute Gasteiger partial charge is 0.321 e. The van der Waals surface area contributed by atoms with Gasteiger partial charge in [0.25, 0.3) is 5.91 Å². The molecule has 2 N–H and O–H groups in total. The number of carbonyl (C=O) groups excluding carboxylic acids is 3. The Kier molecular flexibility index (Phi) is 8.66. The van der Waals surface area contributed by atoms with E-state index in [1.165, 1.54) is 21.3 Å². The minimum Gasteiger partial charge on any atom is -0.321 e.